The number of nitrogens with zero attached hydrogens (tertiary/aromatic N) is 2. The number of anilines is 1. The van der Waals surface area contributed by atoms with E-state index in [1.165, 1.54) is 6.07 Å². The summed E-state index contributed by atoms with van der Waals surface area (Å²) < 4.78 is 46.5. The maximum atomic E-state index is 13.0. The number of ether oxygens (including phenoxy) is 1. The lowest BCUT2D eigenvalue weighted by molar-refractivity contribution is -0.137. The lowest BCUT2D eigenvalue weighted by atomic mass is 10.1. The van der Waals surface area contributed by atoms with Crippen molar-refractivity contribution in [2.24, 2.45) is 0 Å². The Morgan fingerprint density at radius 2 is 1.69 bits per heavy atom. The summed E-state index contributed by atoms with van der Waals surface area (Å²) in [6.45, 7) is 6.22. The number of halogens is 3. The number of benzene rings is 3. The Morgan fingerprint density at radius 1 is 0.944 bits per heavy atom. The van der Waals surface area contributed by atoms with E-state index in [2.05, 4.69) is 10.4 Å². The Labute approximate surface area is 207 Å². The van der Waals surface area contributed by atoms with Gasteiger partial charge in [-0.3, -0.25) is 9.48 Å². The molecule has 0 spiro atoms. The zero-order valence-electron chi connectivity index (χ0n) is 20.2. The minimum atomic E-state index is -4.41. The van der Waals surface area contributed by atoms with E-state index in [1.807, 2.05) is 38.1 Å². The van der Waals surface area contributed by atoms with Crippen molar-refractivity contribution in [3.63, 3.8) is 0 Å². The average molecular weight is 494 g/mol. The first kappa shape index (κ1) is 25.0. The second kappa shape index (κ2) is 10.3. The van der Waals surface area contributed by atoms with Crippen LogP contribution < -0.4 is 10.1 Å². The van der Waals surface area contributed by atoms with Gasteiger partial charge in [0.25, 0.3) is 5.91 Å². The molecular formula is C28H26F3N3O2. The normalized spacial score (nSPS) is 11.4. The molecule has 0 aliphatic carbocycles. The van der Waals surface area contributed by atoms with E-state index >= 15 is 0 Å². The van der Waals surface area contributed by atoms with Crippen LogP contribution >= 0.6 is 0 Å². The van der Waals surface area contributed by atoms with Gasteiger partial charge in [0.2, 0.25) is 0 Å². The molecule has 186 valence electrons. The molecule has 36 heavy (non-hydrogen) atoms. The van der Waals surface area contributed by atoms with Gasteiger partial charge in [0.1, 0.15) is 12.4 Å². The number of carbonyl (C=O) groups excluding carboxylic acids is 1. The quantitative estimate of drug-likeness (QED) is 0.311. The number of hydrogen-bond donors (Lipinski definition) is 1. The summed E-state index contributed by atoms with van der Waals surface area (Å²) in [6.07, 6.45) is -4.41. The van der Waals surface area contributed by atoms with Crippen molar-refractivity contribution in [2.45, 2.75) is 40.1 Å². The molecule has 1 N–H and O–H groups in total. The second-order valence-electron chi connectivity index (χ2n) is 8.74. The second-order valence-corrected chi connectivity index (χ2v) is 8.74. The van der Waals surface area contributed by atoms with Gasteiger partial charge in [0, 0.05) is 17.3 Å². The summed E-state index contributed by atoms with van der Waals surface area (Å²) in [5.74, 6) is 0.778. The van der Waals surface area contributed by atoms with Crippen molar-refractivity contribution in [1.29, 1.82) is 0 Å². The third-order valence-corrected chi connectivity index (χ3v) is 5.74. The molecule has 0 aliphatic rings. The zero-order valence-corrected chi connectivity index (χ0v) is 20.2. The van der Waals surface area contributed by atoms with E-state index in [0.29, 0.717) is 29.2 Å². The number of aromatic nitrogens is 2. The molecule has 0 radical (unpaired) electrons. The molecule has 5 nitrogen and oxygen atoms in total. The molecule has 4 aromatic rings. The molecule has 0 aliphatic heterocycles. The van der Waals surface area contributed by atoms with Crippen LogP contribution in [0.25, 0.3) is 0 Å². The third kappa shape index (κ3) is 6.13. The molecule has 3 aromatic carbocycles. The van der Waals surface area contributed by atoms with E-state index in [4.69, 9.17) is 4.74 Å². The maximum Gasteiger partial charge on any atom is 0.416 e. The van der Waals surface area contributed by atoms with Gasteiger partial charge in [-0.1, -0.05) is 36.4 Å². The Balaban J connectivity index is 1.42. The van der Waals surface area contributed by atoms with Gasteiger partial charge < -0.3 is 10.1 Å². The molecule has 1 heterocycles. The van der Waals surface area contributed by atoms with Crippen LogP contribution in [0.15, 0.2) is 72.8 Å². The summed E-state index contributed by atoms with van der Waals surface area (Å²) >= 11 is 0. The first-order valence-corrected chi connectivity index (χ1v) is 11.4. The molecule has 0 saturated carbocycles. The van der Waals surface area contributed by atoms with E-state index < -0.39 is 11.7 Å². The molecule has 4 rings (SSSR count). The third-order valence-electron chi connectivity index (χ3n) is 5.74. The van der Waals surface area contributed by atoms with Gasteiger partial charge in [-0.05, 0) is 73.4 Å². The van der Waals surface area contributed by atoms with Crippen LogP contribution in [-0.4, -0.2) is 15.7 Å². The highest BCUT2D eigenvalue weighted by atomic mass is 19.4. The van der Waals surface area contributed by atoms with Gasteiger partial charge >= 0.3 is 6.18 Å². The highest BCUT2D eigenvalue weighted by molar-refractivity contribution is 6.03. The van der Waals surface area contributed by atoms with Crippen LogP contribution in [0.3, 0.4) is 0 Å². The Morgan fingerprint density at radius 3 is 2.47 bits per heavy atom. The fourth-order valence-electron chi connectivity index (χ4n) is 3.76. The summed E-state index contributed by atoms with van der Waals surface area (Å²) in [7, 11) is 0. The number of carbonyl (C=O) groups is 1. The minimum absolute atomic E-state index is 0.150. The number of alkyl halides is 3. The highest BCUT2D eigenvalue weighted by Gasteiger charge is 2.30. The first-order chi connectivity index (χ1) is 17.1. The van der Waals surface area contributed by atoms with Crippen LogP contribution in [0, 0.1) is 20.8 Å². The number of amides is 1. The predicted molar refractivity (Wildman–Crippen MR) is 132 cm³/mol. The molecule has 0 unspecified atom stereocenters. The number of rotatable bonds is 7. The fourth-order valence-corrected chi connectivity index (χ4v) is 3.76. The number of nitrogens with one attached hydrogen (secondary N) is 1. The van der Waals surface area contributed by atoms with Crippen LogP contribution in [0.2, 0.25) is 0 Å². The van der Waals surface area contributed by atoms with Gasteiger partial charge in [-0.2, -0.15) is 18.3 Å². The van der Waals surface area contributed by atoms with Crippen LogP contribution in [0.1, 0.15) is 43.9 Å². The molecule has 0 fully saturated rings. The number of hydrogen-bond acceptors (Lipinski definition) is 3. The van der Waals surface area contributed by atoms with Gasteiger partial charge in [-0.25, -0.2) is 0 Å². The zero-order chi connectivity index (χ0) is 25.9. The maximum absolute atomic E-state index is 13.0. The molecule has 0 bridgehead atoms. The molecule has 0 saturated heterocycles. The monoisotopic (exact) mass is 493 g/mol. The van der Waals surface area contributed by atoms with Crippen molar-refractivity contribution in [1.82, 2.24) is 9.78 Å². The van der Waals surface area contributed by atoms with E-state index in [1.54, 1.807) is 41.9 Å². The predicted octanol–water partition coefficient (Wildman–Crippen LogP) is 6.71. The largest absolute Gasteiger partial charge is 0.489 e. The van der Waals surface area contributed by atoms with Crippen molar-refractivity contribution in [2.75, 3.05) is 5.32 Å². The Hall–Kier alpha value is -4.07. The average Bonchev–Trinajstić information content (AvgIpc) is 3.17. The van der Waals surface area contributed by atoms with E-state index in [-0.39, 0.29) is 12.5 Å². The summed E-state index contributed by atoms with van der Waals surface area (Å²) in [5, 5.41) is 7.12. The molecule has 1 aromatic heterocycles. The van der Waals surface area contributed by atoms with Gasteiger partial charge in [-0.15, -0.1) is 0 Å². The summed E-state index contributed by atoms with van der Waals surface area (Å²) in [4.78, 5) is 12.8. The Bertz CT molecular complexity index is 1390. The van der Waals surface area contributed by atoms with Gasteiger partial charge in [0.05, 0.1) is 12.1 Å². The smallest absolute Gasteiger partial charge is 0.416 e. The Kier molecular flexibility index (Phi) is 7.15. The van der Waals surface area contributed by atoms with Crippen LogP contribution in [0.4, 0.5) is 19.0 Å². The van der Waals surface area contributed by atoms with Crippen LogP contribution in [0.5, 0.6) is 5.75 Å². The van der Waals surface area contributed by atoms with Gasteiger partial charge in [0.15, 0.2) is 5.82 Å². The molecule has 1 amide bonds. The van der Waals surface area contributed by atoms with Crippen LogP contribution in [-0.2, 0) is 19.3 Å². The lowest BCUT2D eigenvalue weighted by Gasteiger charge is -2.11. The van der Waals surface area contributed by atoms with Crippen molar-refractivity contribution < 1.29 is 22.7 Å². The SMILES string of the molecule is Cc1ccc(C)c(OCc2cccc(C(=O)Nc3cc(C)n(Cc4cccc(C(F)(F)F)c4)n3)c2)c1. The van der Waals surface area contributed by atoms with Crippen molar-refractivity contribution in [3.05, 3.63) is 112 Å². The number of aryl methyl sites for hydroxylation is 3. The molecule has 8 heteroatoms. The standard InChI is InChI=1S/C28H26F3N3O2/c1-18-10-11-19(2)25(12-18)36-17-22-7-4-8-23(14-22)27(35)32-26-13-20(3)34(33-26)16-21-6-5-9-24(15-21)28(29,30)31/h4-15H,16-17H2,1-3H3,(H,32,33,35). The van der Waals surface area contributed by atoms with E-state index in [0.717, 1.165) is 34.6 Å². The van der Waals surface area contributed by atoms with Crippen molar-refractivity contribution in [3.8, 4) is 5.75 Å². The summed E-state index contributed by atoms with van der Waals surface area (Å²) in [6, 6.07) is 19.9. The van der Waals surface area contributed by atoms with Crippen molar-refractivity contribution >= 4 is 11.7 Å². The lowest BCUT2D eigenvalue weighted by Crippen LogP contribution is -2.13. The first-order valence-electron chi connectivity index (χ1n) is 11.4. The minimum Gasteiger partial charge on any atom is -0.489 e. The summed E-state index contributed by atoms with van der Waals surface area (Å²) in [5.41, 5.74) is 3.89. The molecule has 0 atom stereocenters. The fraction of sp³-hybridized carbons (Fsp3) is 0.214. The topological polar surface area (TPSA) is 56.1 Å². The molecular weight excluding hydrogens is 467 g/mol. The highest BCUT2D eigenvalue weighted by Crippen LogP contribution is 2.30. The van der Waals surface area contributed by atoms with E-state index in [9.17, 15) is 18.0 Å².